The normalized spacial score (nSPS) is 23.4. The maximum Gasteiger partial charge on any atom is 0.254 e. The molecule has 48 heavy (non-hydrogen) atoms. The third-order valence-electron chi connectivity index (χ3n) is 11.2. The van der Waals surface area contributed by atoms with Crippen LogP contribution in [0.25, 0.3) is 33.5 Å². The lowest BCUT2D eigenvalue weighted by Gasteiger charge is -2.27. The number of amides is 1. The number of piperidine rings is 1. The van der Waals surface area contributed by atoms with Gasteiger partial charge in [0.25, 0.3) is 5.91 Å². The first kappa shape index (κ1) is 29.2. The Morgan fingerprint density at radius 1 is 1.00 bits per heavy atom. The summed E-state index contributed by atoms with van der Waals surface area (Å²) in [6.07, 6.45) is 7.17. The minimum absolute atomic E-state index is 0.00446. The largest absolute Gasteiger partial charge is 0.494 e. The summed E-state index contributed by atoms with van der Waals surface area (Å²) in [5.41, 5.74) is 11.0. The van der Waals surface area contributed by atoms with Gasteiger partial charge in [-0.2, -0.15) is 5.26 Å². The molecule has 2 unspecified atom stereocenters. The van der Waals surface area contributed by atoms with Crippen LogP contribution < -0.4 is 15.4 Å². The predicted octanol–water partition coefficient (Wildman–Crippen LogP) is 4.83. The van der Waals surface area contributed by atoms with Crippen LogP contribution in [0, 0.1) is 29.1 Å². The summed E-state index contributed by atoms with van der Waals surface area (Å²) < 4.78 is 10.8. The maximum absolute atomic E-state index is 14.0. The molecule has 4 fully saturated rings. The number of benzene rings is 2. The van der Waals surface area contributed by atoms with Crippen LogP contribution in [-0.4, -0.2) is 73.7 Å². The van der Waals surface area contributed by atoms with E-state index in [-0.39, 0.29) is 23.8 Å². The molecule has 2 aromatic carbocycles. The fraction of sp³-hybridized carbons (Fsp3) is 0.432. The van der Waals surface area contributed by atoms with Gasteiger partial charge in [0.1, 0.15) is 23.2 Å². The Balaban J connectivity index is 1.15. The number of likely N-dealkylation sites (tertiary alicyclic amines) is 1. The monoisotopic (exact) mass is 641 g/mol. The lowest BCUT2D eigenvalue weighted by molar-refractivity contribution is 0.0700. The van der Waals surface area contributed by atoms with Crippen LogP contribution >= 0.6 is 0 Å². The van der Waals surface area contributed by atoms with Gasteiger partial charge in [0, 0.05) is 67.5 Å². The number of nitrogens with two attached hydrogens (primary N) is 1. The molecule has 244 valence electrons. The second-order valence-corrected chi connectivity index (χ2v) is 14.1. The first-order valence-corrected chi connectivity index (χ1v) is 17.2. The number of para-hydroxylation sites is 1. The second-order valence-electron chi connectivity index (χ2n) is 14.1. The highest BCUT2D eigenvalue weighted by Crippen LogP contribution is 2.41. The van der Waals surface area contributed by atoms with Crippen molar-refractivity contribution in [2.75, 3.05) is 31.6 Å². The van der Waals surface area contributed by atoms with Gasteiger partial charge in [-0.25, -0.2) is 15.0 Å². The van der Waals surface area contributed by atoms with Gasteiger partial charge < -0.3 is 29.4 Å². The number of aromatic nitrogens is 5. The number of hydrogen-bond donors (Lipinski definition) is 1. The molecule has 4 atom stereocenters. The molecule has 11 heteroatoms. The number of carbonyl (C=O) groups excluding carboxylic acids is 1. The van der Waals surface area contributed by atoms with Crippen molar-refractivity contribution in [2.24, 2.45) is 23.5 Å². The van der Waals surface area contributed by atoms with E-state index in [1.807, 2.05) is 23.1 Å². The van der Waals surface area contributed by atoms with Gasteiger partial charge in [-0.3, -0.25) is 4.79 Å². The molecule has 9 rings (SSSR count). The minimum Gasteiger partial charge on any atom is -0.494 e. The van der Waals surface area contributed by atoms with E-state index in [9.17, 15) is 10.1 Å². The number of rotatable bonds is 8. The summed E-state index contributed by atoms with van der Waals surface area (Å²) in [6, 6.07) is 18.8. The summed E-state index contributed by atoms with van der Waals surface area (Å²) in [7, 11) is 1.68. The van der Waals surface area contributed by atoms with E-state index < -0.39 is 0 Å². The Morgan fingerprint density at radius 3 is 2.62 bits per heavy atom. The van der Waals surface area contributed by atoms with Crippen LogP contribution in [0.5, 0.6) is 5.75 Å². The maximum atomic E-state index is 14.0. The van der Waals surface area contributed by atoms with Gasteiger partial charge in [-0.1, -0.05) is 18.2 Å². The molecule has 0 radical (unpaired) electrons. The van der Waals surface area contributed by atoms with Crippen LogP contribution in [0.3, 0.4) is 0 Å². The van der Waals surface area contributed by atoms with Gasteiger partial charge in [-0.15, -0.1) is 0 Å². The van der Waals surface area contributed by atoms with Crippen LogP contribution in [0.15, 0.2) is 54.7 Å². The quantitative estimate of drug-likeness (QED) is 0.255. The average Bonchev–Trinajstić information content (AvgIpc) is 3.43. The van der Waals surface area contributed by atoms with Crippen molar-refractivity contribution in [1.82, 2.24) is 29.0 Å². The van der Waals surface area contributed by atoms with Crippen molar-refractivity contribution in [3.8, 4) is 23.3 Å². The first-order valence-electron chi connectivity index (χ1n) is 17.2. The number of carbonyl (C=O) groups is 1. The van der Waals surface area contributed by atoms with E-state index in [1.165, 1.54) is 23.7 Å². The van der Waals surface area contributed by atoms with Crippen molar-refractivity contribution in [1.29, 1.82) is 5.26 Å². The summed E-state index contributed by atoms with van der Waals surface area (Å²) in [5, 5.41) is 10.6. The highest BCUT2D eigenvalue weighted by molar-refractivity contribution is 6.00. The van der Waals surface area contributed by atoms with E-state index in [4.69, 9.17) is 15.5 Å². The molecule has 11 nitrogen and oxygen atoms in total. The van der Waals surface area contributed by atoms with E-state index in [0.717, 1.165) is 73.8 Å². The zero-order valence-electron chi connectivity index (χ0n) is 27.1. The van der Waals surface area contributed by atoms with Gasteiger partial charge in [-0.05, 0) is 80.2 Å². The number of methoxy groups -OCH3 is 1. The average molecular weight is 642 g/mol. The van der Waals surface area contributed by atoms with Gasteiger partial charge in [0.2, 0.25) is 5.82 Å². The molecule has 4 aliphatic rings. The highest BCUT2D eigenvalue weighted by atomic mass is 16.5. The van der Waals surface area contributed by atoms with E-state index in [0.29, 0.717) is 35.6 Å². The highest BCUT2D eigenvalue weighted by Gasteiger charge is 2.47. The number of nitriles is 1. The van der Waals surface area contributed by atoms with E-state index in [1.54, 1.807) is 13.3 Å². The molecule has 2 N–H and O–H groups in total. The summed E-state index contributed by atoms with van der Waals surface area (Å²) in [5.74, 6) is 3.86. The number of anilines is 1. The third-order valence-corrected chi connectivity index (χ3v) is 11.2. The molecule has 2 saturated carbocycles. The lowest BCUT2D eigenvalue weighted by atomic mass is 10.1. The Labute approximate surface area is 278 Å². The molecular weight excluding hydrogens is 602 g/mol. The first-order chi connectivity index (χ1) is 23.5. The minimum atomic E-state index is 0.00446. The Morgan fingerprint density at radius 2 is 1.85 bits per heavy atom. The van der Waals surface area contributed by atoms with Gasteiger partial charge >= 0.3 is 0 Å². The van der Waals surface area contributed by atoms with Crippen LogP contribution in [0.4, 0.5) is 5.82 Å². The number of fused-ring (bicyclic) bond motifs is 4. The number of imidazole rings is 1. The van der Waals surface area contributed by atoms with Crippen molar-refractivity contribution in [2.45, 2.75) is 57.3 Å². The van der Waals surface area contributed by atoms with Crippen molar-refractivity contribution in [3.63, 3.8) is 0 Å². The molecule has 0 spiro atoms. The Bertz CT molecular complexity index is 2110. The van der Waals surface area contributed by atoms with E-state index in [2.05, 4.69) is 60.4 Å². The molecule has 2 aliphatic carbocycles. The second kappa shape index (κ2) is 11.3. The topological polar surface area (TPSA) is 131 Å². The molecule has 1 amide bonds. The zero-order chi connectivity index (χ0) is 32.5. The molecule has 2 aliphatic heterocycles. The van der Waals surface area contributed by atoms with E-state index >= 15 is 0 Å². The molecule has 2 bridgehead atoms. The number of hydrogen-bond acceptors (Lipinski definition) is 8. The fourth-order valence-electron chi connectivity index (χ4n) is 8.51. The van der Waals surface area contributed by atoms with Crippen LogP contribution in [-0.2, 0) is 13.1 Å². The molecule has 2 saturated heterocycles. The van der Waals surface area contributed by atoms with Gasteiger partial charge in [0.15, 0.2) is 5.82 Å². The summed E-state index contributed by atoms with van der Waals surface area (Å²) in [4.78, 5) is 32.1. The molecule has 5 aromatic rings. The summed E-state index contributed by atoms with van der Waals surface area (Å²) >= 11 is 0. The standard InChI is InChI=1S/C37H39N9O2/c1-48-31-16-26(37(47)45-21-25-8-9-29(45)34(25)39)14-27-35(31)46(20-23-11-13-43(18-23)33-10-12-40-32(17-38)42-33)36(41-27)30-15-24-4-2-3-5-28(24)44(30)19-22-6-7-22/h2-5,10,12,14-16,22-23,25,29,34H,6-9,11,13,18-21,39H2,1H3/t23-,25?,29?,34+/m0/s1. The molecular formula is C37H39N9O2. The van der Waals surface area contributed by atoms with Crippen LogP contribution in [0.1, 0.15) is 48.3 Å². The smallest absolute Gasteiger partial charge is 0.254 e. The third kappa shape index (κ3) is 4.81. The molecule has 3 aromatic heterocycles. The van der Waals surface area contributed by atoms with Crippen molar-refractivity contribution < 1.29 is 9.53 Å². The number of nitrogens with zero attached hydrogens (tertiary/aromatic N) is 8. The predicted molar refractivity (Wildman–Crippen MR) is 183 cm³/mol. The SMILES string of the molecule is COc1cc(C(=O)N2CC3CCC2[C@@H]3N)cc2nc(-c3cc4ccccc4n3CC3CC3)n(C[C@H]3CCN(c4ccnc(C#N)n4)C3)c12. The van der Waals surface area contributed by atoms with Gasteiger partial charge in [0.05, 0.1) is 18.3 Å². The lowest BCUT2D eigenvalue weighted by Crippen LogP contribution is -2.41. The summed E-state index contributed by atoms with van der Waals surface area (Å²) in [6.45, 7) is 4.02. The van der Waals surface area contributed by atoms with Crippen LogP contribution in [0.2, 0.25) is 0 Å². The zero-order valence-corrected chi connectivity index (χ0v) is 27.1. The Hall–Kier alpha value is -4.95. The van der Waals surface area contributed by atoms with Crippen molar-refractivity contribution in [3.05, 3.63) is 66.1 Å². The van der Waals surface area contributed by atoms with Crippen molar-refractivity contribution >= 4 is 33.7 Å². The molecule has 5 heterocycles. The fourth-order valence-corrected chi connectivity index (χ4v) is 8.51. The Kier molecular flexibility index (Phi) is 6.90. The number of ether oxygens (including phenoxy) is 1.